The van der Waals surface area contributed by atoms with Gasteiger partial charge in [-0.25, -0.2) is 0 Å². The Balaban J connectivity index is 2.03. The molecule has 1 N–H and O–H groups in total. The summed E-state index contributed by atoms with van der Waals surface area (Å²) < 4.78 is 5.48. The Kier molecular flexibility index (Phi) is 5.68. The molecule has 1 aromatic heterocycles. The molecule has 2 heterocycles. The molecule has 1 atom stereocenters. The number of rotatable bonds is 6. The van der Waals surface area contributed by atoms with Gasteiger partial charge in [0.15, 0.2) is 0 Å². The molecule has 1 amide bonds. The minimum absolute atomic E-state index is 0.0297. The van der Waals surface area contributed by atoms with Crippen LogP contribution in [0.15, 0.2) is 52.7 Å². The second-order valence-electron chi connectivity index (χ2n) is 6.67. The number of nitrogens with zero attached hydrogens (tertiary/aromatic N) is 2. The Labute approximate surface area is 162 Å². The number of halogens is 1. The van der Waals surface area contributed by atoms with E-state index >= 15 is 0 Å². The minimum atomic E-state index is -0.752. The van der Waals surface area contributed by atoms with Crippen LogP contribution in [0.25, 0.3) is 5.76 Å². The van der Waals surface area contributed by atoms with Crippen LogP contribution in [-0.4, -0.2) is 53.8 Å². The van der Waals surface area contributed by atoms with Crippen molar-refractivity contribution >= 4 is 29.1 Å². The van der Waals surface area contributed by atoms with Gasteiger partial charge in [0.05, 0.1) is 11.8 Å². The van der Waals surface area contributed by atoms with Crippen LogP contribution in [0.1, 0.15) is 23.8 Å². The molecule has 0 spiro atoms. The van der Waals surface area contributed by atoms with Crippen molar-refractivity contribution in [3.63, 3.8) is 0 Å². The maximum absolute atomic E-state index is 12.7. The lowest BCUT2D eigenvalue weighted by Crippen LogP contribution is -2.32. The topological polar surface area (TPSA) is 74.0 Å². The number of ketones is 1. The average molecular weight is 389 g/mol. The Hall–Kier alpha value is -2.57. The number of aliphatic hydroxyl groups is 1. The molecule has 27 heavy (non-hydrogen) atoms. The fourth-order valence-electron chi connectivity index (χ4n) is 3.17. The maximum atomic E-state index is 12.7. The smallest absolute Gasteiger partial charge is 0.295 e. The van der Waals surface area contributed by atoms with Crippen LogP contribution in [0.3, 0.4) is 0 Å². The van der Waals surface area contributed by atoms with Crippen molar-refractivity contribution in [2.24, 2.45) is 0 Å². The molecule has 1 aliphatic heterocycles. The van der Waals surface area contributed by atoms with Crippen LogP contribution in [0, 0.1) is 0 Å². The van der Waals surface area contributed by atoms with Crippen molar-refractivity contribution in [2.75, 3.05) is 27.2 Å². The molecule has 142 valence electrons. The highest BCUT2D eigenvalue weighted by Gasteiger charge is 2.47. The van der Waals surface area contributed by atoms with Crippen LogP contribution in [-0.2, 0) is 9.59 Å². The van der Waals surface area contributed by atoms with E-state index in [0.29, 0.717) is 29.3 Å². The average Bonchev–Trinajstić information content (AvgIpc) is 3.24. The van der Waals surface area contributed by atoms with E-state index < -0.39 is 17.7 Å². The maximum Gasteiger partial charge on any atom is 0.295 e. The van der Waals surface area contributed by atoms with Gasteiger partial charge in [-0.05, 0) is 63.5 Å². The van der Waals surface area contributed by atoms with E-state index in [1.165, 1.54) is 11.2 Å². The lowest BCUT2D eigenvalue weighted by atomic mass is 9.99. The molecule has 0 aliphatic carbocycles. The van der Waals surface area contributed by atoms with Crippen molar-refractivity contribution in [1.82, 2.24) is 9.80 Å². The summed E-state index contributed by atoms with van der Waals surface area (Å²) in [5, 5.41) is 11.3. The number of carbonyl (C=O) groups excluding carboxylic acids is 2. The number of aliphatic hydroxyl groups excluding tert-OH is 1. The fraction of sp³-hybridized carbons (Fsp3) is 0.300. The van der Waals surface area contributed by atoms with Crippen LogP contribution in [0.4, 0.5) is 0 Å². The van der Waals surface area contributed by atoms with E-state index in [1.807, 2.05) is 19.0 Å². The molecule has 3 rings (SSSR count). The fourth-order valence-corrected chi connectivity index (χ4v) is 3.30. The molecular weight excluding hydrogens is 368 g/mol. The highest BCUT2D eigenvalue weighted by atomic mass is 35.5. The molecule has 0 bridgehead atoms. The molecule has 0 radical (unpaired) electrons. The predicted molar refractivity (Wildman–Crippen MR) is 102 cm³/mol. The third-order valence-electron chi connectivity index (χ3n) is 4.47. The molecule has 6 nitrogen and oxygen atoms in total. The Bertz CT molecular complexity index is 857. The summed E-state index contributed by atoms with van der Waals surface area (Å²) in [7, 11) is 3.89. The van der Waals surface area contributed by atoms with Crippen molar-refractivity contribution in [1.29, 1.82) is 0 Å². The van der Waals surface area contributed by atoms with E-state index in [1.54, 1.807) is 36.4 Å². The molecule has 7 heteroatoms. The van der Waals surface area contributed by atoms with Gasteiger partial charge in [0.2, 0.25) is 0 Å². The van der Waals surface area contributed by atoms with Crippen LogP contribution in [0.5, 0.6) is 0 Å². The molecule has 1 aromatic carbocycles. The number of hydrogen-bond acceptors (Lipinski definition) is 5. The molecule has 1 aliphatic rings. The number of benzene rings is 1. The first kappa shape index (κ1) is 19.2. The largest absolute Gasteiger partial charge is 0.507 e. The molecular formula is C20H21ClN2O4. The van der Waals surface area contributed by atoms with Crippen molar-refractivity contribution in [3.05, 3.63) is 64.6 Å². The number of likely N-dealkylation sites (tertiary alicyclic amines) is 1. The number of amides is 1. The molecule has 2 aromatic rings. The summed E-state index contributed by atoms with van der Waals surface area (Å²) in [5.41, 5.74) is 0.448. The summed E-state index contributed by atoms with van der Waals surface area (Å²) in [4.78, 5) is 28.8. The molecule has 1 saturated heterocycles. The first-order chi connectivity index (χ1) is 12.9. The van der Waals surface area contributed by atoms with E-state index in [9.17, 15) is 14.7 Å². The van der Waals surface area contributed by atoms with Gasteiger partial charge in [0.1, 0.15) is 17.6 Å². The summed E-state index contributed by atoms with van der Waals surface area (Å²) in [6.07, 6.45) is 2.18. The van der Waals surface area contributed by atoms with Crippen molar-refractivity contribution in [2.45, 2.75) is 12.5 Å². The second kappa shape index (κ2) is 7.98. The number of Topliss-reactive ketones (excluding diaryl/α,β-unsaturated/α-hetero) is 1. The van der Waals surface area contributed by atoms with E-state index in [4.69, 9.17) is 16.0 Å². The third kappa shape index (κ3) is 3.91. The quantitative estimate of drug-likeness (QED) is 0.467. The predicted octanol–water partition coefficient (Wildman–Crippen LogP) is 3.31. The van der Waals surface area contributed by atoms with Gasteiger partial charge in [0, 0.05) is 17.1 Å². The molecule has 0 unspecified atom stereocenters. The Morgan fingerprint density at radius 1 is 1.22 bits per heavy atom. The van der Waals surface area contributed by atoms with Gasteiger partial charge >= 0.3 is 0 Å². The van der Waals surface area contributed by atoms with Gasteiger partial charge in [-0.15, -0.1) is 0 Å². The van der Waals surface area contributed by atoms with Crippen molar-refractivity contribution < 1.29 is 19.1 Å². The van der Waals surface area contributed by atoms with Gasteiger partial charge in [-0.1, -0.05) is 11.6 Å². The minimum Gasteiger partial charge on any atom is -0.507 e. The summed E-state index contributed by atoms with van der Waals surface area (Å²) in [5.74, 6) is -1.14. The van der Waals surface area contributed by atoms with Gasteiger partial charge < -0.3 is 19.3 Å². The first-order valence-corrected chi connectivity index (χ1v) is 9.00. The van der Waals surface area contributed by atoms with Crippen molar-refractivity contribution in [3.8, 4) is 0 Å². The Morgan fingerprint density at radius 3 is 2.52 bits per heavy atom. The van der Waals surface area contributed by atoms with E-state index in [2.05, 4.69) is 0 Å². The third-order valence-corrected chi connectivity index (χ3v) is 4.73. The van der Waals surface area contributed by atoms with Crippen LogP contribution >= 0.6 is 11.6 Å². The second-order valence-corrected chi connectivity index (χ2v) is 7.11. The SMILES string of the molecule is CN(C)CCCN1C(=O)C(=O)C(=C(O)c2ccc(Cl)cc2)[C@H]1c1ccco1. The Morgan fingerprint density at radius 2 is 1.93 bits per heavy atom. The highest BCUT2D eigenvalue weighted by Crippen LogP contribution is 2.39. The molecule has 1 fully saturated rings. The summed E-state index contributed by atoms with van der Waals surface area (Å²) in [6, 6.07) is 9.09. The lowest BCUT2D eigenvalue weighted by Gasteiger charge is -2.24. The van der Waals surface area contributed by atoms with Gasteiger partial charge in [-0.3, -0.25) is 9.59 Å². The molecule has 0 saturated carbocycles. The lowest BCUT2D eigenvalue weighted by molar-refractivity contribution is -0.140. The number of carbonyl (C=O) groups is 2. The number of furan rings is 1. The summed E-state index contributed by atoms with van der Waals surface area (Å²) >= 11 is 5.90. The standard InChI is InChI=1S/C20H21ClN2O4/c1-22(2)10-4-11-23-17(15-5-3-12-27-15)16(19(25)20(23)26)18(24)13-6-8-14(21)9-7-13/h3,5-9,12,17,24H,4,10-11H2,1-2H3/t17-/m1/s1. The van der Waals surface area contributed by atoms with E-state index in [0.717, 1.165) is 6.54 Å². The normalized spacial score (nSPS) is 19.3. The summed E-state index contributed by atoms with van der Waals surface area (Å²) in [6.45, 7) is 1.15. The van der Waals surface area contributed by atoms with E-state index in [-0.39, 0.29) is 11.3 Å². The first-order valence-electron chi connectivity index (χ1n) is 8.62. The highest BCUT2D eigenvalue weighted by molar-refractivity contribution is 6.46. The van der Waals surface area contributed by atoms with Crippen LogP contribution in [0.2, 0.25) is 5.02 Å². The number of hydrogen-bond donors (Lipinski definition) is 1. The zero-order valence-electron chi connectivity index (χ0n) is 15.2. The van der Waals surface area contributed by atoms with Gasteiger partial charge in [0.25, 0.3) is 11.7 Å². The van der Waals surface area contributed by atoms with Crippen LogP contribution < -0.4 is 0 Å². The zero-order valence-corrected chi connectivity index (χ0v) is 15.9. The zero-order chi connectivity index (χ0) is 19.6. The van der Waals surface area contributed by atoms with Gasteiger partial charge in [-0.2, -0.15) is 0 Å². The monoisotopic (exact) mass is 388 g/mol.